The van der Waals surface area contributed by atoms with E-state index in [-0.39, 0.29) is 18.1 Å². The molecule has 0 radical (unpaired) electrons. The Hall–Kier alpha value is -3.48. The number of carbonyl (C=O) groups excluding carboxylic acids is 1. The minimum absolute atomic E-state index is 0.121. The first-order valence-electron chi connectivity index (χ1n) is 10.3. The molecule has 3 aromatic rings. The number of rotatable bonds is 3. The molecular formula is C23H24N6O. The number of anilines is 2. The number of amides is 2. The Morgan fingerprint density at radius 1 is 1.17 bits per heavy atom. The Kier molecular flexibility index (Phi) is 4.58. The molecule has 2 unspecified atom stereocenters. The van der Waals surface area contributed by atoms with Crippen LogP contribution < -0.4 is 15.1 Å². The van der Waals surface area contributed by atoms with Crippen molar-refractivity contribution in [1.29, 1.82) is 0 Å². The summed E-state index contributed by atoms with van der Waals surface area (Å²) in [5, 5.41) is 3.11. The number of nitrogens with one attached hydrogen (secondary N) is 1. The van der Waals surface area contributed by atoms with Gasteiger partial charge in [0.05, 0.1) is 29.2 Å². The highest BCUT2D eigenvalue weighted by Gasteiger charge is 2.40. The van der Waals surface area contributed by atoms with E-state index in [1.54, 1.807) is 12.4 Å². The molecule has 2 atom stereocenters. The average molecular weight is 400 g/mol. The molecule has 2 bridgehead atoms. The second kappa shape index (κ2) is 7.40. The summed E-state index contributed by atoms with van der Waals surface area (Å²) >= 11 is 0. The van der Waals surface area contributed by atoms with E-state index in [9.17, 15) is 4.79 Å². The van der Waals surface area contributed by atoms with Crippen LogP contribution in [0.15, 0.2) is 54.9 Å². The van der Waals surface area contributed by atoms with Crippen LogP contribution >= 0.6 is 0 Å². The molecule has 1 N–H and O–H groups in total. The predicted molar refractivity (Wildman–Crippen MR) is 116 cm³/mol. The molecule has 7 heteroatoms. The summed E-state index contributed by atoms with van der Waals surface area (Å²) in [4.78, 5) is 31.1. The Morgan fingerprint density at radius 3 is 2.87 bits per heavy atom. The first-order chi connectivity index (χ1) is 14.6. The third kappa shape index (κ3) is 3.26. The van der Waals surface area contributed by atoms with Crippen LogP contribution in [0.4, 0.5) is 16.3 Å². The van der Waals surface area contributed by atoms with Gasteiger partial charge in [0.2, 0.25) is 0 Å². The Balaban J connectivity index is 1.49. The molecule has 0 saturated carbocycles. The van der Waals surface area contributed by atoms with Crippen molar-refractivity contribution in [3.05, 3.63) is 66.2 Å². The van der Waals surface area contributed by atoms with Crippen molar-refractivity contribution in [1.82, 2.24) is 20.3 Å². The highest BCUT2D eigenvalue weighted by molar-refractivity contribution is 5.97. The standard InChI is InChI=1S/C23H24N6O/c1-15-13-17(8-11-24-15)20-6-7-21-22(27-20)29(18-9-12-28(21)14-18)23(30)26-16(2)19-5-3-4-10-25-19/h3-8,10-11,13,16,18H,9,12,14H2,1-2H3,(H,26,30). The van der Waals surface area contributed by atoms with Gasteiger partial charge in [0, 0.05) is 36.7 Å². The maximum atomic E-state index is 13.4. The van der Waals surface area contributed by atoms with Gasteiger partial charge in [-0.15, -0.1) is 0 Å². The maximum absolute atomic E-state index is 13.4. The molecule has 1 fully saturated rings. The number of fused-ring (bicyclic) bond motifs is 4. The van der Waals surface area contributed by atoms with Gasteiger partial charge in [-0.25, -0.2) is 9.78 Å². The van der Waals surface area contributed by atoms with E-state index in [2.05, 4.69) is 26.3 Å². The summed E-state index contributed by atoms with van der Waals surface area (Å²) in [6.45, 7) is 5.70. The van der Waals surface area contributed by atoms with Gasteiger partial charge in [0.25, 0.3) is 0 Å². The lowest BCUT2D eigenvalue weighted by Gasteiger charge is -2.36. The van der Waals surface area contributed by atoms with E-state index in [1.165, 1.54) is 0 Å². The quantitative estimate of drug-likeness (QED) is 0.725. The minimum Gasteiger partial charge on any atom is -0.366 e. The summed E-state index contributed by atoms with van der Waals surface area (Å²) in [7, 11) is 0. The number of aryl methyl sites for hydroxylation is 1. The Bertz CT molecular complexity index is 1090. The molecule has 2 aliphatic heterocycles. The van der Waals surface area contributed by atoms with Crippen LogP contribution in [0.5, 0.6) is 0 Å². The molecule has 2 amide bonds. The number of aromatic nitrogens is 3. The van der Waals surface area contributed by atoms with Crippen molar-refractivity contribution in [3.8, 4) is 11.3 Å². The van der Waals surface area contributed by atoms with Crippen molar-refractivity contribution >= 4 is 17.5 Å². The van der Waals surface area contributed by atoms with E-state index in [0.29, 0.717) is 0 Å². The SMILES string of the molecule is Cc1cc(-c2ccc3c(n2)N(C(=O)NC(C)c2ccccn2)C2CCN3C2)ccn1. The molecule has 5 heterocycles. The zero-order valence-electron chi connectivity index (χ0n) is 17.1. The largest absolute Gasteiger partial charge is 0.366 e. The Labute approximate surface area is 175 Å². The zero-order valence-corrected chi connectivity index (χ0v) is 17.1. The van der Waals surface area contributed by atoms with Crippen molar-refractivity contribution in [2.24, 2.45) is 0 Å². The van der Waals surface area contributed by atoms with Crippen molar-refractivity contribution in [2.75, 3.05) is 22.9 Å². The molecule has 2 aliphatic rings. The fourth-order valence-electron chi connectivity index (χ4n) is 4.30. The van der Waals surface area contributed by atoms with Crippen molar-refractivity contribution in [3.63, 3.8) is 0 Å². The fraction of sp³-hybridized carbons (Fsp3) is 0.304. The van der Waals surface area contributed by atoms with Gasteiger partial charge in [0.1, 0.15) is 0 Å². The third-order valence-corrected chi connectivity index (χ3v) is 5.83. The van der Waals surface area contributed by atoms with Crippen LogP contribution in [0, 0.1) is 6.92 Å². The van der Waals surface area contributed by atoms with Gasteiger partial charge in [-0.3, -0.25) is 14.9 Å². The van der Waals surface area contributed by atoms with Crippen LogP contribution in [0.3, 0.4) is 0 Å². The number of pyridine rings is 3. The molecule has 152 valence electrons. The first kappa shape index (κ1) is 18.5. The molecule has 1 saturated heterocycles. The topological polar surface area (TPSA) is 74.2 Å². The summed E-state index contributed by atoms with van der Waals surface area (Å²) < 4.78 is 0. The molecular weight excluding hydrogens is 376 g/mol. The minimum atomic E-state index is -0.187. The molecule has 30 heavy (non-hydrogen) atoms. The predicted octanol–water partition coefficient (Wildman–Crippen LogP) is 3.72. The van der Waals surface area contributed by atoms with Gasteiger partial charge < -0.3 is 10.2 Å². The average Bonchev–Trinajstić information content (AvgIpc) is 3.18. The van der Waals surface area contributed by atoms with E-state index in [1.807, 2.05) is 55.1 Å². The first-order valence-corrected chi connectivity index (χ1v) is 10.3. The highest BCUT2D eigenvalue weighted by atomic mass is 16.2. The highest BCUT2D eigenvalue weighted by Crippen LogP contribution is 2.40. The molecule has 5 rings (SSSR count). The number of hydrogen-bond donors (Lipinski definition) is 1. The Morgan fingerprint density at radius 2 is 2.07 bits per heavy atom. The lowest BCUT2D eigenvalue weighted by Crippen LogP contribution is -2.51. The number of hydrogen-bond acceptors (Lipinski definition) is 5. The zero-order chi connectivity index (χ0) is 20.7. The monoisotopic (exact) mass is 400 g/mol. The van der Waals surface area contributed by atoms with E-state index >= 15 is 0 Å². The number of urea groups is 1. The number of nitrogens with zero attached hydrogens (tertiary/aromatic N) is 5. The second-order valence-electron chi connectivity index (χ2n) is 7.91. The summed E-state index contributed by atoms with van der Waals surface area (Å²) in [6, 6.07) is 13.6. The molecule has 0 aromatic carbocycles. The number of carbonyl (C=O) groups is 1. The van der Waals surface area contributed by atoms with Crippen LogP contribution in [-0.2, 0) is 0 Å². The van der Waals surface area contributed by atoms with Gasteiger partial charge >= 0.3 is 6.03 Å². The smallest absolute Gasteiger partial charge is 0.323 e. The van der Waals surface area contributed by atoms with Gasteiger partial charge in [-0.1, -0.05) is 6.07 Å². The van der Waals surface area contributed by atoms with E-state index < -0.39 is 0 Å². The van der Waals surface area contributed by atoms with Crippen LogP contribution in [0.1, 0.15) is 30.8 Å². The summed E-state index contributed by atoms with van der Waals surface area (Å²) in [6.07, 6.45) is 4.47. The summed E-state index contributed by atoms with van der Waals surface area (Å²) in [5.41, 5.74) is 4.64. The molecule has 0 spiro atoms. The second-order valence-corrected chi connectivity index (χ2v) is 7.91. The maximum Gasteiger partial charge on any atom is 0.323 e. The lowest BCUT2D eigenvalue weighted by atomic mass is 10.1. The summed E-state index contributed by atoms with van der Waals surface area (Å²) in [5.74, 6) is 0.724. The lowest BCUT2D eigenvalue weighted by molar-refractivity contribution is 0.241. The molecule has 3 aromatic heterocycles. The fourth-order valence-corrected chi connectivity index (χ4v) is 4.30. The van der Waals surface area contributed by atoms with E-state index in [4.69, 9.17) is 4.98 Å². The molecule has 7 nitrogen and oxygen atoms in total. The van der Waals surface area contributed by atoms with Crippen LogP contribution in [0.25, 0.3) is 11.3 Å². The van der Waals surface area contributed by atoms with Crippen LogP contribution in [0.2, 0.25) is 0 Å². The van der Waals surface area contributed by atoms with E-state index in [0.717, 1.165) is 53.7 Å². The normalized spacial score (nSPS) is 18.1. The van der Waals surface area contributed by atoms with Gasteiger partial charge in [0.15, 0.2) is 5.82 Å². The van der Waals surface area contributed by atoms with Crippen molar-refractivity contribution < 1.29 is 4.79 Å². The third-order valence-electron chi connectivity index (χ3n) is 5.83. The van der Waals surface area contributed by atoms with Gasteiger partial charge in [-0.05, 0) is 56.7 Å². The van der Waals surface area contributed by atoms with Crippen LogP contribution in [-0.4, -0.2) is 40.1 Å². The van der Waals surface area contributed by atoms with Crippen molar-refractivity contribution in [2.45, 2.75) is 32.4 Å². The van der Waals surface area contributed by atoms with Gasteiger partial charge in [-0.2, -0.15) is 0 Å². The molecule has 0 aliphatic carbocycles.